The molecule has 1 aliphatic heterocycles. The summed E-state index contributed by atoms with van der Waals surface area (Å²) in [6.45, 7) is 3.21. The van der Waals surface area contributed by atoms with Gasteiger partial charge in [-0.25, -0.2) is 0 Å². The van der Waals surface area contributed by atoms with Crippen LogP contribution in [0.4, 0.5) is 0 Å². The van der Waals surface area contributed by atoms with Crippen LogP contribution in [0.25, 0.3) is 0 Å². The Balaban J connectivity index is 1.72. The summed E-state index contributed by atoms with van der Waals surface area (Å²) in [5.41, 5.74) is 8.95. The smallest absolute Gasteiger partial charge is 0.0239 e. The van der Waals surface area contributed by atoms with Gasteiger partial charge in [0.25, 0.3) is 0 Å². The van der Waals surface area contributed by atoms with E-state index in [2.05, 4.69) is 29.2 Å². The molecule has 2 heteroatoms. The number of rotatable bonds is 5. The number of piperidine rings is 1. The Morgan fingerprint density at radius 2 is 1.95 bits per heavy atom. The molecule has 104 valence electrons. The molecule has 2 aliphatic rings. The van der Waals surface area contributed by atoms with E-state index in [1.54, 1.807) is 11.1 Å². The minimum absolute atomic E-state index is 0.714. The Morgan fingerprint density at radius 1 is 1.11 bits per heavy atom. The van der Waals surface area contributed by atoms with Gasteiger partial charge in [0, 0.05) is 12.6 Å². The molecule has 1 aromatic carbocycles. The van der Waals surface area contributed by atoms with Crippen molar-refractivity contribution in [2.45, 2.75) is 57.0 Å². The minimum Gasteiger partial charge on any atom is -0.330 e. The first-order valence-electron chi connectivity index (χ1n) is 7.90. The fraction of sp³-hybridized carbons (Fsp3) is 0.647. The number of likely N-dealkylation sites (tertiary alicyclic amines) is 1. The van der Waals surface area contributed by atoms with E-state index in [1.165, 1.54) is 38.6 Å². The van der Waals surface area contributed by atoms with Gasteiger partial charge in [-0.3, -0.25) is 4.90 Å². The Hall–Kier alpha value is -0.860. The lowest BCUT2D eigenvalue weighted by Crippen LogP contribution is -2.40. The fourth-order valence-electron chi connectivity index (χ4n) is 3.48. The zero-order valence-corrected chi connectivity index (χ0v) is 11.9. The third-order valence-electron chi connectivity index (χ3n) is 4.69. The predicted octanol–water partition coefficient (Wildman–Crippen LogP) is 3.27. The van der Waals surface area contributed by atoms with Crippen molar-refractivity contribution in [3.8, 4) is 0 Å². The standard InChI is InChI=1S/C17H26N2/c18-11-10-16-6-3-4-12-19(16)13-15-5-1-2-7-17(15)14-8-9-14/h1-2,5,7,14,16H,3-4,6,8-13,18H2. The van der Waals surface area contributed by atoms with Gasteiger partial charge in [-0.1, -0.05) is 30.7 Å². The monoisotopic (exact) mass is 258 g/mol. The van der Waals surface area contributed by atoms with E-state index in [4.69, 9.17) is 5.73 Å². The van der Waals surface area contributed by atoms with Gasteiger partial charge in [-0.05, 0) is 62.2 Å². The van der Waals surface area contributed by atoms with E-state index in [0.717, 1.165) is 25.4 Å². The van der Waals surface area contributed by atoms with Crippen molar-refractivity contribution >= 4 is 0 Å². The van der Waals surface area contributed by atoms with Crippen LogP contribution in [0.3, 0.4) is 0 Å². The van der Waals surface area contributed by atoms with Crippen LogP contribution >= 0.6 is 0 Å². The molecule has 2 nitrogen and oxygen atoms in total. The molecule has 0 radical (unpaired) electrons. The lowest BCUT2D eigenvalue weighted by molar-refractivity contribution is 0.133. The molecule has 2 N–H and O–H groups in total. The van der Waals surface area contributed by atoms with Crippen molar-refractivity contribution in [1.82, 2.24) is 4.90 Å². The molecule has 1 saturated heterocycles. The summed E-state index contributed by atoms with van der Waals surface area (Å²) in [6, 6.07) is 9.79. The number of hydrogen-bond donors (Lipinski definition) is 1. The van der Waals surface area contributed by atoms with Gasteiger partial charge >= 0.3 is 0 Å². The van der Waals surface area contributed by atoms with E-state index < -0.39 is 0 Å². The zero-order valence-electron chi connectivity index (χ0n) is 11.9. The average Bonchev–Trinajstić information content (AvgIpc) is 3.26. The van der Waals surface area contributed by atoms with Crippen LogP contribution in [0.5, 0.6) is 0 Å². The largest absolute Gasteiger partial charge is 0.330 e. The van der Waals surface area contributed by atoms with E-state index >= 15 is 0 Å². The first-order chi connectivity index (χ1) is 9.38. The summed E-state index contributed by atoms with van der Waals surface area (Å²) in [5, 5.41) is 0. The molecule has 1 atom stereocenters. The summed E-state index contributed by atoms with van der Waals surface area (Å²) >= 11 is 0. The highest BCUT2D eigenvalue weighted by Crippen LogP contribution is 2.42. The van der Waals surface area contributed by atoms with Crippen molar-refractivity contribution in [1.29, 1.82) is 0 Å². The minimum atomic E-state index is 0.714. The third kappa shape index (κ3) is 3.18. The van der Waals surface area contributed by atoms with Crippen molar-refractivity contribution < 1.29 is 0 Å². The number of benzene rings is 1. The van der Waals surface area contributed by atoms with E-state index in [-0.39, 0.29) is 0 Å². The zero-order chi connectivity index (χ0) is 13.1. The average molecular weight is 258 g/mol. The highest BCUT2D eigenvalue weighted by atomic mass is 15.2. The fourth-order valence-corrected chi connectivity index (χ4v) is 3.48. The Kier molecular flexibility index (Phi) is 4.19. The van der Waals surface area contributed by atoms with Gasteiger partial charge in [-0.15, -0.1) is 0 Å². The first kappa shape index (κ1) is 13.1. The highest BCUT2D eigenvalue weighted by molar-refractivity contribution is 5.33. The summed E-state index contributed by atoms with van der Waals surface area (Å²) in [6.07, 6.45) is 8.01. The van der Waals surface area contributed by atoms with Crippen LogP contribution in [-0.4, -0.2) is 24.0 Å². The van der Waals surface area contributed by atoms with Gasteiger partial charge in [-0.2, -0.15) is 0 Å². The van der Waals surface area contributed by atoms with Crippen LogP contribution in [-0.2, 0) is 6.54 Å². The maximum Gasteiger partial charge on any atom is 0.0239 e. The summed E-state index contributed by atoms with van der Waals surface area (Å²) < 4.78 is 0. The van der Waals surface area contributed by atoms with E-state index in [1.807, 2.05) is 0 Å². The maximum atomic E-state index is 5.78. The second kappa shape index (κ2) is 6.06. The molecule has 0 bridgehead atoms. The quantitative estimate of drug-likeness (QED) is 0.878. The molecule has 0 aromatic heterocycles. The van der Waals surface area contributed by atoms with Crippen LogP contribution < -0.4 is 5.73 Å². The molecule has 0 amide bonds. The Bertz CT molecular complexity index is 409. The normalized spacial score (nSPS) is 24.6. The molecule has 1 heterocycles. The SMILES string of the molecule is NCCC1CCCCN1Cc1ccccc1C1CC1. The molecule has 1 saturated carbocycles. The molecule has 19 heavy (non-hydrogen) atoms. The van der Waals surface area contributed by atoms with Gasteiger partial charge in [0.2, 0.25) is 0 Å². The van der Waals surface area contributed by atoms with E-state index in [0.29, 0.717) is 6.04 Å². The molecule has 1 unspecified atom stereocenters. The van der Waals surface area contributed by atoms with Gasteiger partial charge in [0.15, 0.2) is 0 Å². The molecule has 2 fully saturated rings. The van der Waals surface area contributed by atoms with Crippen LogP contribution in [0, 0.1) is 0 Å². The molecule has 1 aromatic rings. The first-order valence-corrected chi connectivity index (χ1v) is 7.90. The lowest BCUT2D eigenvalue weighted by atomic mass is 9.96. The molecular formula is C17H26N2. The van der Waals surface area contributed by atoms with E-state index in [9.17, 15) is 0 Å². The molecule has 3 rings (SSSR count). The molecule has 0 spiro atoms. The van der Waals surface area contributed by atoms with Crippen LogP contribution in [0.1, 0.15) is 55.6 Å². The van der Waals surface area contributed by atoms with Crippen LogP contribution in [0.15, 0.2) is 24.3 Å². The molecule has 1 aliphatic carbocycles. The lowest BCUT2D eigenvalue weighted by Gasteiger charge is -2.36. The topological polar surface area (TPSA) is 29.3 Å². The number of nitrogens with zero attached hydrogens (tertiary/aromatic N) is 1. The van der Waals surface area contributed by atoms with Gasteiger partial charge in [0.1, 0.15) is 0 Å². The number of nitrogens with two attached hydrogens (primary N) is 1. The second-order valence-electron chi connectivity index (χ2n) is 6.17. The summed E-state index contributed by atoms with van der Waals surface area (Å²) in [5.74, 6) is 0.856. The summed E-state index contributed by atoms with van der Waals surface area (Å²) in [4.78, 5) is 2.68. The van der Waals surface area contributed by atoms with Crippen molar-refractivity contribution in [3.05, 3.63) is 35.4 Å². The third-order valence-corrected chi connectivity index (χ3v) is 4.69. The number of hydrogen-bond acceptors (Lipinski definition) is 2. The Morgan fingerprint density at radius 3 is 2.74 bits per heavy atom. The summed E-state index contributed by atoms with van der Waals surface area (Å²) in [7, 11) is 0. The van der Waals surface area contributed by atoms with Crippen LogP contribution in [0.2, 0.25) is 0 Å². The Labute approximate surface area is 117 Å². The maximum absolute atomic E-state index is 5.78. The van der Waals surface area contributed by atoms with Crippen molar-refractivity contribution in [2.24, 2.45) is 5.73 Å². The predicted molar refractivity (Wildman–Crippen MR) is 80.1 cm³/mol. The van der Waals surface area contributed by atoms with Crippen molar-refractivity contribution in [3.63, 3.8) is 0 Å². The van der Waals surface area contributed by atoms with Crippen molar-refractivity contribution in [2.75, 3.05) is 13.1 Å². The highest BCUT2D eigenvalue weighted by Gasteiger charge is 2.27. The molecular weight excluding hydrogens is 232 g/mol. The van der Waals surface area contributed by atoms with Gasteiger partial charge in [0.05, 0.1) is 0 Å². The second-order valence-corrected chi connectivity index (χ2v) is 6.17. The van der Waals surface area contributed by atoms with Gasteiger partial charge < -0.3 is 5.73 Å².